The number of benzene rings is 1. The van der Waals surface area contributed by atoms with Gasteiger partial charge in [0.25, 0.3) is 11.9 Å². The number of hydrogen-bond donors (Lipinski definition) is 2. The number of aromatic amines is 1. The third-order valence-corrected chi connectivity index (χ3v) is 4.82. The van der Waals surface area contributed by atoms with E-state index >= 15 is 0 Å². The highest BCUT2D eigenvalue weighted by atomic mass is 16.5. The average Bonchev–Trinajstić information content (AvgIpc) is 3.27. The smallest absolute Gasteiger partial charge is 0.294 e. The lowest BCUT2D eigenvalue weighted by molar-refractivity contribution is 0.0933. The van der Waals surface area contributed by atoms with Crippen LogP contribution in [0.5, 0.6) is 6.01 Å². The summed E-state index contributed by atoms with van der Waals surface area (Å²) in [6.07, 6.45) is 5.89. The van der Waals surface area contributed by atoms with Crippen molar-refractivity contribution in [1.82, 2.24) is 25.1 Å². The van der Waals surface area contributed by atoms with Crippen molar-refractivity contribution in [2.24, 2.45) is 7.05 Å². The van der Waals surface area contributed by atoms with Gasteiger partial charge in [0, 0.05) is 37.9 Å². The highest BCUT2D eigenvalue weighted by molar-refractivity contribution is 5.97. The number of amides is 1. The van der Waals surface area contributed by atoms with E-state index in [4.69, 9.17) is 4.74 Å². The van der Waals surface area contributed by atoms with Crippen molar-refractivity contribution in [2.75, 3.05) is 24.6 Å². The first kappa shape index (κ1) is 17.4. The second-order valence-electron chi connectivity index (χ2n) is 6.84. The van der Waals surface area contributed by atoms with Crippen LogP contribution in [0.3, 0.4) is 0 Å². The quantitative estimate of drug-likeness (QED) is 0.720. The Morgan fingerprint density at radius 1 is 1.44 bits per heavy atom. The number of aryl methyl sites for hydroxylation is 1. The lowest BCUT2D eigenvalue weighted by Crippen LogP contribution is -2.47. The summed E-state index contributed by atoms with van der Waals surface area (Å²) >= 11 is 0. The molecule has 1 atom stereocenters. The molecule has 27 heavy (non-hydrogen) atoms. The Bertz CT molecular complexity index is 947. The topological polar surface area (TPSA) is 88.1 Å². The van der Waals surface area contributed by atoms with Crippen LogP contribution in [0.2, 0.25) is 0 Å². The van der Waals surface area contributed by atoms with E-state index in [1.165, 1.54) is 0 Å². The van der Waals surface area contributed by atoms with Crippen LogP contribution in [0.15, 0.2) is 30.6 Å². The molecule has 8 nitrogen and oxygen atoms in total. The van der Waals surface area contributed by atoms with Crippen LogP contribution in [0.1, 0.15) is 30.1 Å². The van der Waals surface area contributed by atoms with Gasteiger partial charge in [-0.25, -0.2) is 0 Å². The molecule has 8 heteroatoms. The number of hydrogen-bond acceptors (Lipinski definition) is 5. The standard InChI is InChI=1S/C19H24N6O2/c1-3-27-19-22-16-7-6-13(9-17(16)23-19)18(26)21-14-5-4-8-25(11-14)15-10-20-24(2)12-15/h6-7,9-10,12,14H,3-5,8,11H2,1-2H3,(H,21,26)(H,22,23)/t14-/m0/s1. The third-order valence-electron chi connectivity index (χ3n) is 4.82. The Kier molecular flexibility index (Phi) is 4.70. The molecule has 3 heterocycles. The van der Waals surface area contributed by atoms with Crippen LogP contribution in [0, 0.1) is 0 Å². The summed E-state index contributed by atoms with van der Waals surface area (Å²) in [6.45, 7) is 4.23. The van der Waals surface area contributed by atoms with Crippen molar-refractivity contribution in [2.45, 2.75) is 25.8 Å². The first-order chi connectivity index (χ1) is 13.1. The molecule has 142 valence electrons. The number of carbonyl (C=O) groups excluding carboxylic acids is 1. The largest absolute Gasteiger partial charge is 0.465 e. The molecule has 1 aliphatic heterocycles. The van der Waals surface area contributed by atoms with E-state index < -0.39 is 0 Å². The number of aromatic nitrogens is 4. The van der Waals surface area contributed by atoms with Crippen molar-refractivity contribution in [1.29, 1.82) is 0 Å². The van der Waals surface area contributed by atoms with Crippen molar-refractivity contribution in [3.63, 3.8) is 0 Å². The molecule has 0 unspecified atom stereocenters. The summed E-state index contributed by atoms with van der Waals surface area (Å²) in [5.74, 6) is -0.0671. The first-order valence-electron chi connectivity index (χ1n) is 9.29. The zero-order valence-electron chi connectivity index (χ0n) is 15.6. The second kappa shape index (κ2) is 7.30. The number of anilines is 1. The van der Waals surface area contributed by atoms with Gasteiger partial charge in [0.2, 0.25) is 0 Å². The highest BCUT2D eigenvalue weighted by Gasteiger charge is 2.23. The lowest BCUT2D eigenvalue weighted by atomic mass is 10.0. The summed E-state index contributed by atoms with van der Waals surface area (Å²) in [5, 5.41) is 7.40. The van der Waals surface area contributed by atoms with Crippen LogP contribution in [0.25, 0.3) is 11.0 Å². The van der Waals surface area contributed by atoms with Crippen molar-refractivity contribution >= 4 is 22.6 Å². The maximum absolute atomic E-state index is 12.7. The summed E-state index contributed by atoms with van der Waals surface area (Å²) in [7, 11) is 1.91. The molecule has 0 bridgehead atoms. The second-order valence-corrected chi connectivity index (χ2v) is 6.84. The molecule has 1 saturated heterocycles. The minimum Gasteiger partial charge on any atom is -0.465 e. The van der Waals surface area contributed by atoms with Gasteiger partial charge in [-0.05, 0) is 38.0 Å². The van der Waals surface area contributed by atoms with Crippen LogP contribution in [-0.4, -0.2) is 51.4 Å². The predicted molar refractivity (Wildman–Crippen MR) is 103 cm³/mol. The molecule has 0 aliphatic carbocycles. The molecule has 4 rings (SSSR count). The number of nitrogens with one attached hydrogen (secondary N) is 2. The van der Waals surface area contributed by atoms with Gasteiger partial charge in [0.05, 0.1) is 29.5 Å². The SMILES string of the molecule is CCOc1nc2ccc(C(=O)N[C@H]3CCCN(c4cnn(C)c4)C3)cc2[nH]1. The van der Waals surface area contributed by atoms with Gasteiger partial charge in [-0.15, -0.1) is 0 Å². The number of rotatable bonds is 5. The zero-order valence-corrected chi connectivity index (χ0v) is 15.6. The summed E-state index contributed by atoms with van der Waals surface area (Å²) in [4.78, 5) is 22.4. The van der Waals surface area contributed by atoms with Crippen LogP contribution >= 0.6 is 0 Å². The minimum atomic E-state index is -0.0671. The number of fused-ring (bicyclic) bond motifs is 1. The molecule has 2 aromatic heterocycles. The number of ether oxygens (including phenoxy) is 1. The number of piperidine rings is 1. The molecule has 1 fully saturated rings. The number of nitrogens with zero attached hydrogens (tertiary/aromatic N) is 4. The van der Waals surface area contributed by atoms with Gasteiger partial charge < -0.3 is 19.9 Å². The van der Waals surface area contributed by atoms with Crippen molar-refractivity contribution < 1.29 is 9.53 Å². The zero-order chi connectivity index (χ0) is 18.8. The van der Waals surface area contributed by atoms with Gasteiger partial charge in [0.1, 0.15) is 0 Å². The van der Waals surface area contributed by atoms with E-state index in [1.807, 2.05) is 38.5 Å². The van der Waals surface area contributed by atoms with Gasteiger partial charge in [-0.1, -0.05) is 0 Å². The Hall–Kier alpha value is -3.03. The van der Waals surface area contributed by atoms with E-state index in [0.717, 1.165) is 42.7 Å². The lowest BCUT2D eigenvalue weighted by Gasteiger charge is -2.33. The molecule has 3 aromatic rings. The molecule has 1 aromatic carbocycles. The molecular weight excluding hydrogens is 344 g/mol. The highest BCUT2D eigenvalue weighted by Crippen LogP contribution is 2.20. The third kappa shape index (κ3) is 3.74. The maximum Gasteiger partial charge on any atom is 0.294 e. The summed E-state index contributed by atoms with van der Waals surface area (Å²) < 4.78 is 7.19. The fourth-order valence-corrected chi connectivity index (χ4v) is 3.50. The Balaban J connectivity index is 1.44. The van der Waals surface area contributed by atoms with Crippen molar-refractivity contribution in [3.05, 3.63) is 36.2 Å². The number of imidazole rings is 1. The van der Waals surface area contributed by atoms with Gasteiger partial charge in [0.15, 0.2) is 0 Å². The van der Waals surface area contributed by atoms with E-state index in [2.05, 4.69) is 25.3 Å². The summed E-state index contributed by atoms with van der Waals surface area (Å²) in [5.41, 5.74) is 3.30. The fraction of sp³-hybridized carbons (Fsp3) is 0.421. The van der Waals surface area contributed by atoms with Crippen molar-refractivity contribution in [3.8, 4) is 6.01 Å². The number of carbonyl (C=O) groups is 1. The molecular formula is C19H24N6O2. The van der Waals surface area contributed by atoms with E-state index in [0.29, 0.717) is 18.2 Å². The fourth-order valence-electron chi connectivity index (χ4n) is 3.50. The molecule has 0 spiro atoms. The van der Waals surface area contributed by atoms with Crippen LogP contribution in [0.4, 0.5) is 5.69 Å². The normalized spacial score (nSPS) is 17.3. The Morgan fingerprint density at radius 2 is 2.33 bits per heavy atom. The predicted octanol–water partition coefficient (Wildman–Crippen LogP) is 2.09. The molecule has 1 amide bonds. The van der Waals surface area contributed by atoms with Gasteiger partial charge >= 0.3 is 0 Å². The Morgan fingerprint density at radius 3 is 3.11 bits per heavy atom. The number of H-pyrrole nitrogens is 1. The molecule has 0 saturated carbocycles. The van der Waals surface area contributed by atoms with Crippen LogP contribution in [-0.2, 0) is 7.05 Å². The molecule has 2 N–H and O–H groups in total. The molecule has 0 radical (unpaired) electrons. The summed E-state index contributed by atoms with van der Waals surface area (Å²) in [6, 6.07) is 6.05. The van der Waals surface area contributed by atoms with E-state index in [1.54, 1.807) is 10.7 Å². The maximum atomic E-state index is 12.7. The van der Waals surface area contributed by atoms with Crippen LogP contribution < -0.4 is 15.0 Å². The Labute approximate surface area is 157 Å². The van der Waals surface area contributed by atoms with Gasteiger partial charge in [-0.3, -0.25) is 9.48 Å². The van der Waals surface area contributed by atoms with E-state index in [-0.39, 0.29) is 11.9 Å². The first-order valence-corrected chi connectivity index (χ1v) is 9.29. The average molecular weight is 368 g/mol. The monoisotopic (exact) mass is 368 g/mol. The van der Waals surface area contributed by atoms with E-state index in [9.17, 15) is 4.79 Å². The van der Waals surface area contributed by atoms with Gasteiger partial charge in [-0.2, -0.15) is 10.1 Å². The minimum absolute atomic E-state index is 0.0671. The molecule has 1 aliphatic rings.